The zero-order chi connectivity index (χ0) is 14.5. The van der Waals surface area contributed by atoms with Crippen LogP contribution in [-0.4, -0.2) is 19.1 Å². The minimum Gasteiger partial charge on any atom is -0.333 e. The molecule has 0 N–H and O–H groups in total. The van der Waals surface area contributed by atoms with Crippen molar-refractivity contribution >= 4 is 0 Å². The standard InChI is InChI=1S/C17H20N4/c1-2-3-15-8-16(11-20-6-4-18-13-20)10-17(9-15)12-21-7-5-19-14-21/h4-10,13-14H,2-3,11-12H2,1H3. The summed E-state index contributed by atoms with van der Waals surface area (Å²) in [4.78, 5) is 8.22. The van der Waals surface area contributed by atoms with Gasteiger partial charge in [0.1, 0.15) is 0 Å². The molecule has 0 aliphatic heterocycles. The monoisotopic (exact) mass is 280 g/mol. The predicted molar refractivity (Wildman–Crippen MR) is 83.1 cm³/mol. The van der Waals surface area contributed by atoms with E-state index in [0.717, 1.165) is 19.5 Å². The van der Waals surface area contributed by atoms with E-state index >= 15 is 0 Å². The SMILES string of the molecule is CCCc1cc(Cn2ccnc2)cc(Cn2ccnc2)c1. The van der Waals surface area contributed by atoms with Gasteiger partial charge in [-0.25, -0.2) is 9.97 Å². The van der Waals surface area contributed by atoms with Crippen LogP contribution in [0.25, 0.3) is 0 Å². The number of rotatable bonds is 6. The summed E-state index contributed by atoms with van der Waals surface area (Å²) in [6.07, 6.45) is 13.7. The van der Waals surface area contributed by atoms with Crippen molar-refractivity contribution in [2.45, 2.75) is 32.9 Å². The zero-order valence-corrected chi connectivity index (χ0v) is 12.3. The molecule has 1 aromatic carbocycles. The van der Waals surface area contributed by atoms with Crippen LogP contribution in [-0.2, 0) is 19.5 Å². The average molecular weight is 280 g/mol. The van der Waals surface area contributed by atoms with Gasteiger partial charge in [-0.05, 0) is 23.1 Å². The molecule has 0 saturated heterocycles. The molecule has 108 valence electrons. The maximum Gasteiger partial charge on any atom is 0.0949 e. The Bertz CT molecular complexity index is 614. The van der Waals surface area contributed by atoms with Crippen LogP contribution in [0.3, 0.4) is 0 Å². The molecule has 0 amide bonds. The number of hydrogen-bond acceptors (Lipinski definition) is 2. The summed E-state index contributed by atoms with van der Waals surface area (Å²) in [6.45, 7) is 3.96. The quantitative estimate of drug-likeness (QED) is 0.695. The van der Waals surface area contributed by atoms with Crippen LogP contribution in [0.2, 0.25) is 0 Å². The van der Waals surface area contributed by atoms with Gasteiger partial charge in [0.25, 0.3) is 0 Å². The van der Waals surface area contributed by atoms with E-state index in [2.05, 4.69) is 44.2 Å². The molecule has 0 spiro atoms. The fraction of sp³-hybridized carbons (Fsp3) is 0.294. The number of benzene rings is 1. The smallest absolute Gasteiger partial charge is 0.0949 e. The van der Waals surface area contributed by atoms with Crippen LogP contribution in [0, 0.1) is 0 Å². The third-order valence-electron chi connectivity index (χ3n) is 3.50. The number of hydrogen-bond donors (Lipinski definition) is 0. The lowest BCUT2D eigenvalue weighted by molar-refractivity contribution is 0.772. The first-order valence-corrected chi connectivity index (χ1v) is 7.36. The van der Waals surface area contributed by atoms with E-state index in [4.69, 9.17) is 0 Å². The van der Waals surface area contributed by atoms with Crippen molar-refractivity contribution in [1.29, 1.82) is 0 Å². The molecule has 0 unspecified atom stereocenters. The molecule has 0 saturated carbocycles. The second-order valence-corrected chi connectivity index (χ2v) is 5.38. The van der Waals surface area contributed by atoms with Gasteiger partial charge in [-0.1, -0.05) is 31.5 Å². The van der Waals surface area contributed by atoms with Crippen LogP contribution >= 0.6 is 0 Å². The third kappa shape index (κ3) is 3.60. The van der Waals surface area contributed by atoms with E-state index in [1.165, 1.54) is 23.1 Å². The fourth-order valence-corrected chi connectivity index (χ4v) is 2.64. The topological polar surface area (TPSA) is 35.6 Å². The van der Waals surface area contributed by atoms with E-state index in [1.54, 1.807) is 0 Å². The Morgan fingerprint density at radius 3 is 1.76 bits per heavy atom. The molecule has 4 heteroatoms. The molecule has 0 radical (unpaired) electrons. The molecule has 0 aliphatic rings. The van der Waals surface area contributed by atoms with Gasteiger partial charge in [-0.15, -0.1) is 0 Å². The van der Waals surface area contributed by atoms with Crippen molar-refractivity contribution in [1.82, 2.24) is 19.1 Å². The lowest BCUT2D eigenvalue weighted by Gasteiger charge is -2.11. The van der Waals surface area contributed by atoms with Crippen LogP contribution in [0.15, 0.2) is 55.6 Å². The summed E-state index contributed by atoms with van der Waals surface area (Å²) < 4.78 is 4.21. The minimum atomic E-state index is 0.870. The second-order valence-electron chi connectivity index (χ2n) is 5.38. The number of nitrogens with zero attached hydrogens (tertiary/aromatic N) is 4. The zero-order valence-electron chi connectivity index (χ0n) is 12.3. The van der Waals surface area contributed by atoms with Crippen molar-refractivity contribution in [3.05, 3.63) is 72.3 Å². The van der Waals surface area contributed by atoms with Crippen LogP contribution in [0.4, 0.5) is 0 Å². The first-order chi connectivity index (χ1) is 10.3. The average Bonchev–Trinajstić information content (AvgIpc) is 3.12. The van der Waals surface area contributed by atoms with Gasteiger partial charge in [0, 0.05) is 37.9 Å². The summed E-state index contributed by atoms with van der Waals surface area (Å²) >= 11 is 0. The first kappa shape index (κ1) is 13.6. The highest BCUT2D eigenvalue weighted by Crippen LogP contribution is 2.15. The van der Waals surface area contributed by atoms with Gasteiger partial charge in [-0.3, -0.25) is 0 Å². The van der Waals surface area contributed by atoms with E-state index in [9.17, 15) is 0 Å². The molecule has 0 bridgehead atoms. The molecule has 0 fully saturated rings. The van der Waals surface area contributed by atoms with Crippen LogP contribution in [0.5, 0.6) is 0 Å². The van der Waals surface area contributed by atoms with Gasteiger partial charge >= 0.3 is 0 Å². The fourth-order valence-electron chi connectivity index (χ4n) is 2.64. The summed E-state index contributed by atoms with van der Waals surface area (Å²) in [5.41, 5.74) is 4.06. The Morgan fingerprint density at radius 1 is 0.810 bits per heavy atom. The molecule has 2 heterocycles. The van der Waals surface area contributed by atoms with Gasteiger partial charge in [0.15, 0.2) is 0 Å². The van der Waals surface area contributed by atoms with Gasteiger partial charge in [0.2, 0.25) is 0 Å². The van der Waals surface area contributed by atoms with Crippen molar-refractivity contribution in [3.8, 4) is 0 Å². The highest BCUT2D eigenvalue weighted by Gasteiger charge is 2.03. The maximum atomic E-state index is 4.11. The molecule has 3 aromatic rings. The van der Waals surface area contributed by atoms with E-state index in [1.807, 2.05) is 37.4 Å². The third-order valence-corrected chi connectivity index (χ3v) is 3.50. The number of aryl methyl sites for hydroxylation is 1. The van der Waals surface area contributed by atoms with Crippen molar-refractivity contribution in [3.63, 3.8) is 0 Å². The summed E-state index contributed by atoms with van der Waals surface area (Å²) in [5.74, 6) is 0. The van der Waals surface area contributed by atoms with Crippen LogP contribution in [0.1, 0.15) is 30.0 Å². The Labute approximate surface area is 125 Å². The molecule has 2 aromatic heterocycles. The van der Waals surface area contributed by atoms with Crippen LogP contribution < -0.4 is 0 Å². The lowest BCUT2D eigenvalue weighted by Crippen LogP contribution is -2.02. The largest absolute Gasteiger partial charge is 0.333 e. The Balaban J connectivity index is 1.86. The van der Waals surface area contributed by atoms with Crippen molar-refractivity contribution in [2.24, 2.45) is 0 Å². The number of imidazole rings is 2. The summed E-state index contributed by atoms with van der Waals surface area (Å²) in [6, 6.07) is 6.89. The molecule has 0 aliphatic carbocycles. The Morgan fingerprint density at radius 2 is 1.33 bits per heavy atom. The van der Waals surface area contributed by atoms with Crippen molar-refractivity contribution < 1.29 is 0 Å². The second kappa shape index (κ2) is 6.39. The minimum absolute atomic E-state index is 0.870. The van der Waals surface area contributed by atoms with E-state index < -0.39 is 0 Å². The molecule has 4 nitrogen and oxygen atoms in total. The van der Waals surface area contributed by atoms with Crippen molar-refractivity contribution in [2.75, 3.05) is 0 Å². The van der Waals surface area contributed by atoms with Gasteiger partial charge < -0.3 is 9.13 Å². The Hall–Kier alpha value is -2.36. The molecule has 21 heavy (non-hydrogen) atoms. The Kier molecular flexibility index (Phi) is 4.15. The van der Waals surface area contributed by atoms with E-state index in [0.29, 0.717) is 0 Å². The summed E-state index contributed by atoms with van der Waals surface area (Å²) in [5, 5.41) is 0. The molecule has 3 rings (SSSR count). The molecular formula is C17H20N4. The normalized spacial score (nSPS) is 10.9. The lowest BCUT2D eigenvalue weighted by atomic mass is 10.0. The molecular weight excluding hydrogens is 260 g/mol. The summed E-state index contributed by atoms with van der Waals surface area (Å²) in [7, 11) is 0. The first-order valence-electron chi connectivity index (χ1n) is 7.36. The highest BCUT2D eigenvalue weighted by atomic mass is 15.0. The predicted octanol–water partition coefficient (Wildman–Crippen LogP) is 3.13. The number of aromatic nitrogens is 4. The maximum absolute atomic E-state index is 4.11. The van der Waals surface area contributed by atoms with Gasteiger partial charge in [-0.2, -0.15) is 0 Å². The molecule has 0 atom stereocenters. The van der Waals surface area contributed by atoms with Gasteiger partial charge in [0.05, 0.1) is 12.7 Å². The van der Waals surface area contributed by atoms with E-state index in [-0.39, 0.29) is 0 Å². The highest BCUT2D eigenvalue weighted by molar-refractivity contribution is 5.31.